The molecule has 10 nitrogen and oxygen atoms in total. The summed E-state index contributed by atoms with van der Waals surface area (Å²) in [7, 11) is 0. The minimum atomic E-state index is -0.684. The minimum Gasteiger partial charge on any atom is -0.476 e. The highest BCUT2D eigenvalue weighted by Gasteiger charge is 2.39. The number of nitrogens with zero attached hydrogens (tertiary/aromatic N) is 5. The van der Waals surface area contributed by atoms with Crippen LogP contribution in [0.25, 0.3) is 5.65 Å². The number of hydrogen-bond acceptors (Lipinski definition) is 7. The predicted molar refractivity (Wildman–Crippen MR) is 91.6 cm³/mol. The average Bonchev–Trinajstić information content (AvgIpc) is 3.28. The molecular formula is C17H13FN6O4. The second-order valence-corrected chi connectivity index (χ2v) is 6.23. The second kappa shape index (κ2) is 6.15. The van der Waals surface area contributed by atoms with Crippen molar-refractivity contribution in [1.29, 1.82) is 0 Å². The molecule has 0 spiro atoms. The molecule has 2 amide bonds. The van der Waals surface area contributed by atoms with Crippen molar-refractivity contribution >= 4 is 23.5 Å². The summed E-state index contributed by atoms with van der Waals surface area (Å²) in [6.45, 7) is 0.281. The Labute approximate surface area is 156 Å². The number of halogens is 1. The summed E-state index contributed by atoms with van der Waals surface area (Å²) in [5.41, 5.74) is 0.893. The number of ether oxygens (including phenoxy) is 2. The Balaban J connectivity index is 1.71. The monoisotopic (exact) mass is 384 g/mol. The number of anilines is 1. The number of carbonyl (C=O) groups excluding carboxylic acids is 2. The van der Waals surface area contributed by atoms with Gasteiger partial charge in [0.05, 0.1) is 18.9 Å². The first-order valence-electron chi connectivity index (χ1n) is 8.48. The van der Waals surface area contributed by atoms with Crippen molar-refractivity contribution in [3.05, 3.63) is 47.7 Å². The fourth-order valence-electron chi connectivity index (χ4n) is 3.27. The first-order chi connectivity index (χ1) is 13.6. The van der Waals surface area contributed by atoms with E-state index in [2.05, 4.69) is 20.4 Å². The number of rotatable bonds is 0. The normalized spacial score (nSPS) is 19.0. The first-order valence-corrected chi connectivity index (χ1v) is 8.48. The maximum absolute atomic E-state index is 13.9. The van der Waals surface area contributed by atoms with Gasteiger partial charge in [0.15, 0.2) is 5.65 Å². The molecule has 3 aromatic heterocycles. The maximum atomic E-state index is 13.9. The van der Waals surface area contributed by atoms with Crippen LogP contribution in [0.3, 0.4) is 0 Å². The molecule has 0 aliphatic carbocycles. The Morgan fingerprint density at radius 1 is 1.25 bits per heavy atom. The lowest BCUT2D eigenvalue weighted by atomic mass is 10.1. The molecule has 1 saturated heterocycles. The molecular weight excluding hydrogens is 371 g/mol. The number of nitrogens with one attached hydrogen (secondary N) is 1. The van der Waals surface area contributed by atoms with Gasteiger partial charge in [-0.3, -0.25) is 9.69 Å². The standard InChI is InChI=1S/C17H13FN6O4/c18-9-5-10-12-8-28-17(26)24(12)13-1-3-23-14(22-13)11(7-21-23)15(25)19-2-4-27-16(10)20-6-9/h1,3,5-7,12H,2,4,8H2,(H,19,25). The summed E-state index contributed by atoms with van der Waals surface area (Å²) in [5.74, 6) is -0.549. The molecule has 3 aromatic rings. The van der Waals surface area contributed by atoms with Crippen LogP contribution in [0.15, 0.2) is 30.7 Å². The fraction of sp³-hybridized carbons (Fsp3) is 0.235. The Morgan fingerprint density at radius 3 is 3.04 bits per heavy atom. The third-order valence-corrected chi connectivity index (χ3v) is 4.55. The molecule has 2 bridgehead atoms. The van der Waals surface area contributed by atoms with Crippen LogP contribution >= 0.6 is 0 Å². The number of fused-ring (bicyclic) bond motifs is 5. The van der Waals surface area contributed by atoms with Crippen LogP contribution in [0.1, 0.15) is 22.0 Å². The lowest BCUT2D eigenvalue weighted by Gasteiger charge is -2.22. The molecule has 5 heterocycles. The zero-order chi connectivity index (χ0) is 19.3. The molecule has 1 unspecified atom stereocenters. The second-order valence-electron chi connectivity index (χ2n) is 6.23. The van der Waals surface area contributed by atoms with Gasteiger partial charge in [-0.15, -0.1) is 0 Å². The number of pyridine rings is 1. The highest BCUT2D eigenvalue weighted by molar-refractivity contribution is 6.00. The molecule has 2 aliphatic heterocycles. The summed E-state index contributed by atoms with van der Waals surface area (Å²) >= 11 is 0. The van der Waals surface area contributed by atoms with Crippen molar-refractivity contribution in [2.75, 3.05) is 24.7 Å². The van der Waals surface area contributed by atoms with Gasteiger partial charge < -0.3 is 14.8 Å². The largest absolute Gasteiger partial charge is 0.476 e. The van der Waals surface area contributed by atoms with Gasteiger partial charge in [-0.25, -0.2) is 23.7 Å². The van der Waals surface area contributed by atoms with Gasteiger partial charge >= 0.3 is 6.09 Å². The van der Waals surface area contributed by atoms with Gasteiger partial charge in [0.25, 0.3) is 5.91 Å². The maximum Gasteiger partial charge on any atom is 0.416 e. The van der Waals surface area contributed by atoms with E-state index < -0.39 is 18.0 Å². The van der Waals surface area contributed by atoms with Gasteiger partial charge in [0.1, 0.15) is 36.5 Å². The van der Waals surface area contributed by atoms with Gasteiger partial charge in [-0.1, -0.05) is 0 Å². The average molecular weight is 384 g/mol. The first kappa shape index (κ1) is 16.4. The Bertz CT molecular complexity index is 1120. The molecule has 28 heavy (non-hydrogen) atoms. The third kappa shape index (κ3) is 2.51. The highest BCUT2D eigenvalue weighted by atomic mass is 19.1. The van der Waals surface area contributed by atoms with E-state index in [1.807, 2.05) is 0 Å². The number of carbonyl (C=O) groups is 2. The van der Waals surface area contributed by atoms with E-state index >= 15 is 0 Å². The molecule has 5 rings (SSSR count). The molecule has 11 heteroatoms. The van der Waals surface area contributed by atoms with Crippen LogP contribution in [0.4, 0.5) is 15.0 Å². The van der Waals surface area contributed by atoms with Gasteiger partial charge in [0.2, 0.25) is 5.88 Å². The Morgan fingerprint density at radius 2 is 2.14 bits per heavy atom. The van der Waals surface area contributed by atoms with Crippen LogP contribution in [-0.2, 0) is 4.74 Å². The van der Waals surface area contributed by atoms with E-state index in [0.717, 1.165) is 6.20 Å². The summed E-state index contributed by atoms with van der Waals surface area (Å²) in [5, 5.41) is 6.82. The molecule has 142 valence electrons. The van der Waals surface area contributed by atoms with Crippen molar-refractivity contribution in [2.24, 2.45) is 0 Å². The lowest BCUT2D eigenvalue weighted by Crippen LogP contribution is -2.29. The van der Waals surface area contributed by atoms with E-state index in [1.165, 1.54) is 21.7 Å². The summed E-state index contributed by atoms with van der Waals surface area (Å²) in [6, 6.07) is 2.13. The Kier molecular flexibility index (Phi) is 3.60. The minimum absolute atomic E-state index is 0.0174. The van der Waals surface area contributed by atoms with Crippen LogP contribution in [-0.4, -0.2) is 51.3 Å². The van der Waals surface area contributed by atoms with Crippen molar-refractivity contribution in [3.63, 3.8) is 0 Å². The number of aromatic nitrogens is 4. The topological polar surface area (TPSA) is 111 Å². The molecule has 1 atom stereocenters. The van der Waals surface area contributed by atoms with E-state index in [9.17, 15) is 14.0 Å². The number of amides is 2. The molecule has 2 aliphatic rings. The van der Waals surface area contributed by atoms with Crippen LogP contribution < -0.4 is 15.0 Å². The molecule has 1 N–H and O–H groups in total. The van der Waals surface area contributed by atoms with E-state index in [4.69, 9.17) is 9.47 Å². The van der Waals surface area contributed by atoms with Crippen molar-refractivity contribution < 1.29 is 23.5 Å². The summed E-state index contributed by atoms with van der Waals surface area (Å²) in [4.78, 5) is 34.6. The van der Waals surface area contributed by atoms with Gasteiger partial charge in [-0.05, 0) is 12.1 Å². The highest BCUT2D eigenvalue weighted by Crippen LogP contribution is 2.36. The zero-order valence-corrected chi connectivity index (χ0v) is 14.3. The van der Waals surface area contributed by atoms with E-state index in [-0.39, 0.29) is 48.6 Å². The summed E-state index contributed by atoms with van der Waals surface area (Å²) in [6.07, 6.45) is 3.36. The van der Waals surface area contributed by atoms with Crippen molar-refractivity contribution in [1.82, 2.24) is 24.9 Å². The van der Waals surface area contributed by atoms with Crippen LogP contribution in [0.2, 0.25) is 0 Å². The zero-order valence-electron chi connectivity index (χ0n) is 14.3. The van der Waals surface area contributed by atoms with Crippen LogP contribution in [0, 0.1) is 5.82 Å². The third-order valence-electron chi connectivity index (χ3n) is 4.55. The van der Waals surface area contributed by atoms with E-state index in [1.54, 1.807) is 12.3 Å². The summed E-state index contributed by atoms with van der Waals surface area (Å²) < 4.78 is 26.1. The lowest BCUT2D eigenvalue weighted by molar-refractivity contribution is 0.0948. The SMILES string of the molecule is O=C1NCCOc2ncc(F)cc2C2COC(=O)N2c2ccn3ncc1c3n2. The number of hydrogen-bond donors (Lipinski definition) is 1. The molecule has 0 saturated carbocycles. The molecule has 0 aromatic carbocycles. The smallest absolute Gasteiger partial charge is 0.416 e. The number of cyclic esters (lactones) is 1. The van der Waals surface area contributed by atoms with Crippen molar-refractivity contribution in [3.8, 4) is 5.88 Å². The Hall–Kier alpha value is -3.76. The van der Waals surface area contributed by atoms with Crippen LogP contribution in [0.5, 0.6) is 5.88 Å². The van der Waals surface area contributed by atoms with E-state index in [0.29, 0.717) is 5.56 Å². The quantitative estimate of drug-likeness (QED) is 0.617. The predicted octanol–water partition coefficient (Wildman–Crippen LogP) is 1.08. The van der Waals surface area contributed by atoms with Crippen molar-refractivity contribution in [2.45, 2.75) is 6.04 Å². The fourth-order valence-corrected chi connectivity index (χ4v) is 3.27. The van der Waals surface area contributed by atoms with Gasteiger partial charge in [-0.2, -0.15) is 5.10 Å². The molecule has 0 radical (unpaired) electrons. The molecule has 1 fully saturated rings. The van der Waals surface area contributed by atoms with Gasteiger partial charge in [0, 0.05) is 11.8 Å².